The maximum Gasteiger partial charge on any atom is 0.0648 e. The van der Waals surface area contributed by atoms with E-state index in [9.17, 15) is 0 Å². The summed E-state index contributed by atoms with van der Waals surface area (Å²) in [7, 11) is 0. The van der Waals surface area contributed by atoms with E-state index < -0.39 is 0 Å². The van der Waals surface area contributed by atoms with Crippen molar-refractivity contribution < 1.29 is 0 Å². The molecule has 5 heteroatoms. The van der Waals surface area contributed by atoms with E-state index >= 15 is 0 Å². The van der Waals surface area contributed by atoms with Gasteiger partial charge in [0.15, 0.2) is 0 Å². The van der Waals surface area contributed by atoms with Crippen LogP contribution in [0, 0.1) is 13.8 Å². The number of hydrogen-bond acceptors (Lipinski definition) is 4. The minimum Gasteiger partial charge on any atom is -0.399 e. The van der Waals surface area contributed by atoms with Gasteiger partial charge in [0.2, 0.25) is 0 Å². The van der Waals surface area contributed by atoms with Crippen LogP contribution in [0.4, 0.5) is 11.4 Å². The lowest BCUT2D eigenvalue weighted by Gasteiger charge is -2.02. The van der Waals surface area contributed by atoms with Gasteiger partial charge in [-0.3, -0.25) is 5.84 Å². The molecule has 4 rings (SSSR count). The van der Waals surface area contributed by atoms with E-state index in [1.54, 1.807) is 0 Å². The van der Waals surface area contributed by atoms with Crippen LogP contribution in [0.5, 0.6) is 0 Å². The van der Waals surface area contributed by atoms with Crippen molar-refractivity contribution in [3.63, 3.8) is 0 Å². The number of nitrogens with zero attached hydrogens (tertiary/aromatic N) is 2. The molecule has 0 aliphatic heterocycles. The van der Waals surface area contributed by atoms with E-state index in [-0.39, 0.29) is 0 Å². The smallest absolute Gasteiger partial charge is 0.0648 e. The maximum absolute atomic E-state index is 5.36. The molecule has 28 heavy (non-hydrogen) atoms. The molecule has 5 N–H and O–H groups in total. The summed E-state index contributed by atoms with van der Waals surface area (Å²) in [6.45, 7) is 4.07. The van der Waals surface area contributed by atoms with Gasteiger partial charge in [-0.2, -0.15) is 5.10 Å². The molecule has 0 spiro atoms. The number of aryl methyl sites for hydroxylation is 2. The first-order valence-corrected chi connectivity index (χ1v) is 9.01. The molecule has 0 aliphatic carbocycles. The van der Waals surface area contributed by atoms with Crippen molar-refractivity contribution in [3.05, 3.63) is 108 Å². The van der Waals surface area contributed by atoms with Gasteiger partial charge in [0.1, 0.15) is 0 Å². The molecule has 0 amide bonds. The van der Waals surface area contributed by atoms with Gasteiger partial charge in [-0.25, -0.2) is 4.68 Å². The van der Waals surface area contributed by atoms with Crippen LogP contribution in [-0.4, -0.2) is 9.78 Å². The third kappa shape index (κ3) is 6.97. The number of hydrogen-bond donors (Lipinski definition) is 3. The van der Waals surface area contributed by atoms with Gasteiger partial charge in [0, 0.05) is 17.1 Å². The maximum atomic E-state index is 5.36. The van der Waals surface area contributed by atoms with Gasteiger partial charge in [-0.15, -0.1) is 0 Å². The minimum atomic E-state index is 0.822. The Bertz CT molecular complexity index is 919. The van der Waals surface area contributed by atoms with Crippen LogP contribution in [0.1, 0.15) is 11.4 Å². The molecule has 0 bridgehead atoms. The zero-order valence-corrected chi connectivity index (χ0v) is 16.3. The zero-order chi connectivity index (χ0) is 20.2. The summed E-state index contributed by atoms with van der Waals surface area (Å²) in [6.07, 6.45) is 0. The van der Waals surface area contributed by atoms with E-state index in [0.29, 0.717) is 0 Å². The summed E-state index contributed by atoms with van der Waals surface area (Å²) >= 11 is 0. The van der Waals surface area contributed by atoms with Crippen LogP contribution in [0.25, 0.3) is 5.69 Å². The molecule has 4 aromatic rings. The fraction of sp³-hybridized carbons (Fsp3) is 0.0870. The molecule has 1 aromatic heterocycles. The Labute approximate surface area is 166 Å². The molecule has 0 saturated carbocycles. The summed E-state index contributed by atoms with van der Waals surface area (Å²) in [6, 6.07) is 31.3. The fourth-order valence-corrected chi connectivity index (χ4v) is 2.45. The minimum absolute atomic E-state index is 0.822. The van der Waals surface area contributed by atoms with Crippen molar-refractivity contribution in [1.29, 1.82) is 0 Å². The van der Waals surface area contributed by atoms with E-state index in [0.717, 1.165) is 22.8 Å². The average Bonchev–Trinajstić information content (AvgIpc) is 3.09. The zero-order valence-electron chi connectivity index (χ0n) is 16.3. The molecule has 0 atom stereocenters. The number of nitrogens with one attached hydrogen (secondary N) is 1. The van der Waals surface area contributed by atoms with Crippen molar-refractivity contribution in [3.8, 4) is 5.69 Å². The van der Waals surface area contributed by atoms with E-state index in [1.165, 1.54) is 5.69 Å². The number of aromatic nitrogens is 2. The van der Waals surface area contributed by atoms with Crippen molar-refractivity contribution in [2.24, 2.45) is 5.84 Å². The second-order valence-corrected chi connectivity index (χ2v) is 6.10. The molecule has 3 aromatic carbocycles. The Balaban J connectivity index is 0.000000161. The molecule has 5 nitrogen and oxygen atoms in total. The van der Waals surface area contributed by atoms with Crippen LogP contribution < -0.4 is 17.0 Å². The molecule has 0 fully saturated rings. The highest BCUT2D eigenvalue weighted by molar-refractivity contribution is 5.40. The van der Waals surface area contributed by atoms with Gasteiger partial charge in [-0.05, 0) is 56.3 Å². The number of hydrazine groups is 1. The van der Waals surface area contributed by atoms with Gasteiger partial charge in [0.25, 0.3) is 0 Å². The molecular formula is C23H27N5. The standard InChI is InChI=1S/C11H12N2.C6H8N2.C6H7N/c1-9-8-10(2)13(12-9)11-6-4-3-5-7-11;7-8-6-4-2-1-3-5-6;7-6-4-2-1-3-5-6/h3-8H,1-2H3;1-5,8H,7H2;1-5H,7H2. The number of rotatable bonds is 2. The number of nitrogen functional groups attached to an aromatic ring is 2. The summed E-state index contributed by atoms with van der Waals surface area (Å²) in [5.74, 6) is 5.10. The van der Waals surface area contributed by atoms with Gasteiger partial charge in [0.05, 0.1) is 11.4 Å². The summed E-state index contributed by atoms with van der Waals surface area (Å²) in [5, 5.41) is 4.40. The monoisotopic (exact) mass is 373 g/mol. The molecule has 144 valence electrons. The van der Waals surface area contributed by atoms with E-state index in [2.05, 4.69) is 35.6 Å². The van der Waals surface area contributed by atoms with Crippen molar-refractivity contribution in [2.45, 2.75) is 13.8 Å². The third-order valence-electron chi connectivity index (χ3n) is 3.75. The Kier molecular flexibility index (Phi) is 8.30. The molecule has 0 radical (unpaired) electrons. The molecule has 0 aliphatic rings. The van der Waals surface area contributed by atoms with Crippen molar-refractivity contribution >= 4 is 11.4 Å². The predicted molar refractivity (Wildman–Crippen MR) is 118 cm³/mol. The first kappa shape index (κ1) is 20.7. The van der Waals surface area contributed by atoms with Crippen LogP contribution in [-0.2, 0) is 0 Å². The number of benzene rings is 3. The SMILES string of the molecule is Cc1cc(C)n(-c2ccccc2)n1.NNc1ccccc1.Nc1ccccc1. The molecule has 1 heterocycles. The van der Waals surface area contributed by atoms with Crippen LogP contribution in [0.3, 0.4) is 0 Å². The number of nitrogens with two attached hydrogens (primary N) is 2. The topological polar surface area (TPSA) is 81.9 Å². The second kappa shape index (κ2) is 11.2. The van der Waals surface area contributed by atoms with E-state index in [1.807, 2.05) is 90.5 Å². The first-order chi connectivity index (χ1) is 13.6. The highest BCUT2D eigenvalue weighted by atomic mass is 15.3. The lowest BCUT2D eigenvalue weighted by Crippen LogP contribution is -2.05. The Morgan fingerprint density at radius 2 is 1.25 bits per heavy atom. The highest BCUT2D eigenvalue weighted by Gasteiger charge is 2.01. The van der Waals surface area contributed by atoms with Gasteiger partial charge >= 0.3 is 0 Å². The third-order valence-corrected chi connectivity index (χ3v) is 3.75. The number of anilines is 2. The molecule has 0 unspecified atom stereocenters. The average molecular weight is 374 g/mol. The Hall–Kier alpha value is -3.57. The fourth-order valence-electron chi connectivity index (χ4n) is 2.45. The Morgan fingerprint density at radius 3 is 1.61 bits per heavy atom. The number of para-hydroxylation sites is 3. The predicted octanol–water partition coefficient (Wildman–Crippen LogP) is 4.73. The summed E-state index contributed by atoms with van der Waals surface area (Å²) in [4.78, 5) is 0. The van der Waals surface area contributed by atoms with Gasteiger partial charge in [-0.1, -0.05) is 54.6 Å². The molecule has 0 saturated heterocycles. The summed E-state index contributed by atoms with van der Waals surface area (Å²) < 4.78 is 1.95. The quantitative estimate of drug-likeness (QED) is 0.269. The van der Waals surface area contributed by atoms with Crippen molar-refractivity contribution in [1.82, 2.24) is 9.78 Å². The first-order valence-electron chi connectivity index (χ1n) is 9.01. The molecular weight excluding hydrogens is 346 g/mol. The van der Waals surface area contributed by atoms with Crippen LogP contribution >= 0.6 is 0 Å². The largest absolute Gasteiger partial charge is 0.399 e. The van der Waals surface area contributed by atoms with E-state index in [4.69, 9.17) is 11.6 Å². The normalized spacial score (nSPS) is 9.39. The lowest BCUT2D eigenvalue weighted by atomic mass is 10.3. The lowest BCUT2D eigenvalue weighted by molar-refractivity contribution is 0.833. The summed E-state index contributed by atoms with van der Waals surface area (Å²) in [5.41, 5.74) is 13.0. The highest BCUT2D eigenvalue weighted by Crippen LogP contribution is 2.10. The van der Waals surface area contributed by atoms with Crippen LogP contribution in [0.15, 0.2) is 97.1 Å². The van der Waals surface area contributed by atoms with Crippen LogP contribution in [0.2, 0.25) is 0 Å². The second-order valence-electron chi connectivity index (χ2n) is 6.10. The van der Waals surface area contributed by atoms with Gasteiger partial charge < -0.3 is 11.2 Å². The van der Waals surface area contributed by atoms with Crippen molar-refractivity contribution in [2.75, 3.05) is 11.2 Å². The Morgan fingerprint density at radius 1 is 0.750 bits per heavy atom.